The summed E-state index contributed by atoms with van der Waals surface area (Å²) in [6, 6.07) is 0. The Labute approximate surface area is 72.5 Å². The monoisotopic (exact) mass is 204 g/mol. The van der Waals surface area contributed by atoms with Gasteiger partial charge in [0.2, 0.25) is 0 Å². The number of hydrogen-bond acceptors (Lipinski definition) is 0. The summed E-state index contributed by atoms with van der Waals surface area (Å²) in [5.41, 5.74) is 0.703. The zero-order chi connectivity index (χ0) is 7.45. The Morgan fingerprint density at radius 1 is 1.30 bits per heavy atom. The van der Waals surface area contributed by atoms with Gasteiger partial charge in [0.1, 0.15) is 0 Å². The van der Waals surface area contributed by atoms with Gasteiger partial charge >= 0.3 is 0 Å². The Kier molecular flexibility index (Phi) is 3.22. The molecular formula is C9H17Br. The third-order valence-corrected chi connectivity index (χ3v) is 3.92. The summed E-state index contributed by atoms with van der Waals surface area (Å²) in [4.78, 5) is 0. The smallest absolute Gasteiger partial charge is 0.00879 e. The lowest BCUT2D eigenvalue weighted by Crippen LogP contribution is -2.17. The van der Waals surface area contributed by atoms with E-state index < -0.39 is 0 Å². The first-order chi connectivity index (χ1) is 4.83. The predicted octanol–water partition coefficient (Wildman–Crippen LogP) is 3.74. The lowest BCUT2D eigenvalue weighted by atomic mass is 9.84. The van der Waals surface area contributed by atoms with Crippen LogP contribution in [0.3, 0.4) is 0 Å². The van der Waals surface area contributed by atoms with Crippen molar-refractivity contribution < 1.29 is 0 Å². The van der Waals surface area contributed by atoms with E-state index in [1.54, 1.807) is 0 Å². The van der Waals surface area contributed by atoms with Gasteiger partial charge in [-0.25, -0.2) is 0 Å². The highest BCUT2D eigenvalue weighted by molar-refractivity contribution is 9.09. The topological polar surface area (TPSA) is 0 Å². The van der Waals surface area contributed by atoms with E-state index >= 15 is 0 Å². The van der Waals surface area contributed by atoms with Crippen LogP contribution in [0.25, 0.3) is 0 Å². The third-order valence-electron chi connectivity index (χ3n) is 2.73. The summed E-state index contributed by atoms with van der Waals surface area (Å²) in [6.07, 6.45) is 8.64. The lowest BCUT2D eigenvalue weighted by Gasteiger charge is -2.25. The van der Waals surface area contributed by atoms with Gasteiger partial charge in [0.05, 0.1) is 0 Å². The predicted molar refractivity (Wildman–Crippen MR) is 49.6 cm³/mol. The van der Waals surface area contributed by atoms with Crippen LogP contribution in [0.2, 0.25) is 0 Å². The van der Waals surface area contributed by atoms with Crippen molar-refractivity contribution in [3.05, 3.63) is 0 Å². The quantitative estimate of drug-likeness (QED) is 0.615. The van der Waals surface area contributed by atoms with E-state index in [2.05, 4.69) is 22.9 Å². The first-order valence-electron chi connectivity index (χ1n) is 4.39. The Bertz CT molecular complexity index is 92.9. The Hall–Kier alpha value is 0.480. The highest BCUT2D eigenvalue weighted by atomic mass is 79.9. The Morgan fingerprint density at radius 2 is 1.90 bits per heavy atom. The Balaban J connectivity index is 2.41. The molecule has 1 aliphatic rings. The van der Waals surface area contributed by atoms with Crippen LogP contribution in [0.15, 0.2) is 0 Å². The van der Waals surface area contributed by atoms with Gasteiger partial charge in [-0.15, -0.1) is 0 Å². The molecule has 10 heavy (non-hydrogen) atoms. The van der Waals surface area contributed by atoms with E-state index in [1.807, 2.05) is 0 Å². The molecule has 0 nitrogen and oxygen atoms in total. The van der Waals surface area contributed by atoms with Crippen LogP contribution < -0.4 is 0 Å². The molecule has 0 aromatic carbocycles. The summed E-state index contributed by atoms with van der Waals surface area (Å²) >= 11 is 3.63. The molecule has 0 spiro atoms. The van der Waals surface area contributed by atoms with Gasteiger partial charge in [0, 0.05) is 5.33 Å². The van der Waals surface area contributed by atoms with Gasteiger partial charge in [0.15, 0.2) is 0 Å². The third kappa shape index (κ3) is 1.75. The minimum Gasteiger partial charge on any atom is -0.0922 e. The molecule has 0 aromatic heterocycles. The number of hydrogen-bond donors (Lipinski definition) is 0. The molecule has 0 radical (unpaired) electrons. The molecule has 1 fully saturated rings. The molecule has 0 amide bonds. The summed E-state index contributed by atoms with van der Waals surface area (Å²) < 4.78 is 0. The maximum Gasteiger partial charge on any atom is 0.00879 e. The van der Waals surface area contributed by atoms with Crippen LogP contribution in [-0.4, -0.2) is 5.33 Å². The molecule has 1 aliphatic carbocycles. The molecule has 60 valence electrons. The molecule has 1 saturated carbocycles. The van der Waals surface area contributed by atoms with Gasteiger partial charge in [-0.05, 0) is 24.7 Å². The van der Waals surface area contributed by atoms with Crippen molar-refractivity contribution in [2.24, 2.45) is 5.41 Å². The first kappa shape index (κ1) is 8.58. The van der Waals surface area contributed by atoms with E-state index in [-0.39, 0.29) is 0 Å². The second-order valence-corrected chi connectivity index (χ2v) is 4.15. The fourth-order valence-electron chi connectivity index (χ4n) is 2.11. The van der Waals surface area contributed by atoms with Crippen molar-refractivity contribution in [3.8, 4) is 0 Å². The van der Waals surface area contributed by atoms with Gasteiger partial charge < -0.3 is 0 Å². The van der Waals surface area contributed by atoms with Gasteiger partial charge in [-0.2, -0.15) is 0 Å². The van der Waals surface area contributed by atoms with Crippen LogP contribution in [-0.2, 0) is 0 Å². The molecule has 0 N–H and O–H groups in total. The molecule has 0 atom stereocenters. The highest BCUT2D eigenvalue weighted by Crippen LogP contribution is 2.43. The van der Waals surface area contributed by atoms with Crippen molar-refractivity contribution in [2.75, 3.05) is 5.33 Å². The molecule has 0 unspecified atom stereocenters. The minimum atomic E-state index is 0.703. The molecule has 0 saturated heterocycles. The molecular weight excluding hydrogens is 188 g/mol. The van der Waals surface area contributed by atoms with E-state index in [0.717, 1.165) is 0 Å². The molecule has 0 aromatic rings. The standard InChI is InChI=1S/C9H17Br/c1-2-5-9(8-10)6-3-4-7-9/h2-8H2,1H3. The second-order valence-electron chi connectivity index (χ2n) is 3.59. The maximum absolute atomic E-state index is 3.63. The fourth-order valence-corrected chi connectivity index (χ4v) is 2.95. The van der Waals surface area contributed by atoms with Crippen LogP contribution in [0, 0.1) is 5.41 Å². The van der Waals surface area contributed by atoms with Crippen molar-refractivity contribution >= 4 is 15.9 Å². The van der Waals surface area contributed by atoms with Crippen molar-refractivity contribution in [1.29, 1.82) is 0 Å². The van der Waals surface area contributed by atoms with Crippen LogP contribution in [0.1, 0.15) is 45.4 Å². The van der Waals surface area contributed by atoms with Crippen molar-refractivity contribution in [3.63, 3.8) is 0 Å². The van der Waals surface area contributed by atoms with Crippen LogP contribution in [0.4, 0.5) is 0 Å². The van der Waals surface area contributed by atoms with E-state index in [9.17, 15) is 0 Å². The fraction of sp³-hybridized carbons (Fsp3) is 1.00. The van der Waals surface area contributed by atoms with Crippen molar-refractivity contribution in [2.45, 2.75) is 45.4 Å². The van der Waals surface area contributed by atoms with Crippen LogP contribution >= 0.6 is 15.9 Å². The van der Waals surface area contributed by atoms with E-state index in [0.29, 0.717) is 5.41 Å². The zero-order valence-corrected chi connectivity index (χ0v) is 8.41. The zero-order valence-electron chi connectivity index (χ0n) is 6.83. The summed E-state index contributed by atoms with van der Waals surface area (Å²) in [7, 11) is 0. The lowest BCUT2D eigenvalue weighted by molar-refractivity contribution is 0.316. The molecule has 0 aliphatic heterocycles. The van der Waals surface area contributed by atoms with E-state index in [1.165, 1.54) is 43.9 Å². The van der Waals surface area contributed by atoms with Crippen molar-refractivity contribution in [1.82, 2.24) is 0 Å². The average molecular weight is 205 g/mol. The summed E-state index contributed by atoms with van der Waals surface area (Å²) in [5.74, 6) is 0. The number of alkyl halides is 1. The van der Waals surface area contributed by atoms with Gasteiger partial charge in [-0.3, -0.25) is 0 Å². The molecule has 1 heteroatoms. The van der Waals surface area contributed by atoms with E-state index in [4.69, 9.17) is 0 Å². The van der Waals surface area contributed by atoms with Crippen LogP contribution in [0.5, 0.6) is 0 Å². The normalized spacial score (nSPS) is 23.4. The second kappa shape index (κ2) is 3.75. The Morgan fingerprint density at radius 3 is 2.30 bits per heavy atom. The maximum atomic E-state index is 3.63. The number of rotatable bonds is 3. The summed E-state index contributed by atoms with van der Waals surface area (Å²) in [6.45, 7) is 2.29. The van der Waals surface area contributed by atoms with Gasteiger partial charge in [0.25, 0.3) is 0 Å². The summed E-state index contributed by atoms with van der Waals surface area (Å²) in [5, 5.41) is 1.23. The molecule has 1 rings (SSSR count). The first-order valence-corrected chi connectivity index (χ1v) is 5.51. The van der Waals surface area contributed by atoms with Gasteiger partial charge in [-0.1, -0.05) is 42.1 Å². The molecule has 0 bridgehead atoms. The highest BCUT2D eigenvalue weighted by Gasteiger charge is 2.31. The number of halogens is 1. The minimum absolute atomic E-state index is 0.703. The molecule has 0 heterocycles. The SMILES string of the molecule is CCCC1(CBr)CCCC1. The average Bonchev–Trinajstić information content (AvgIpc) is 2.39. The largest absolute Gasteiger partial charge is 0.0922 e.